The van der Waals surface area contributed by atoms with Gasteiger partial charge < -0.3 is 14.6 Å². The molecule has 2 aromatic carbocycles. The molecule has 1 fully saturated rings. The number of rotatable bonds is 7. The fraction of sp³-hybridized carbons (Fsp3) is 0.304. The predicted molar refractivity (Wildman–Crippen MR) is 112 cm³/mol. The van der Waals surface area contributed by atoms with Crippen LogP contribution < -0.4 is 10.1 Å². The van der Waals surface area contributed by atoms with Crippen LogP contribution in [-0.4, -0.2) is 42.2 Å². The highest BCUT2D eigenvalue weighted by Gasteiger charge is 2.19. The number of hydrogen-bond donors (Lipinski definition) is 1. The van der Waals surface area contributed by atoms with Crippen LogP contribution in [0, 0.1) is 13.8 Å². The summed E-state index contributed by atoms with van der Waals surface area (Å²) in [6.07, 6.45) is 1.26. The number of carbonyl (C=O) groups excluding carboxylic acids is 1. The number of aryl methyl sites for hydroxylation is 2. The van der Waals surface area contributed by atoms with Gasteiger partial charge >= 0.3 is 0 Å². The molecular formula is C23H25N3O3. The molecule has 1 amide bonds. The molecule has 0 radical (unpaired) electrons. The highest BCUT2D eigenvalue weighted by atomic mass is 16.5. The summed E-state index contributed by atoms with van der Waals surface area (Å²) in [5, 5.41) is 7.04. The molecule has 0 atom stereocenters. The quantitative estimate of drug-likeness (QED) is 0.651. The summed E-state index contributed by atoms with van der Waals surface area (Å²) in [4.78, 5) is 14.9. The first-order valence-electron chi connectivity index (χ1n) is 9.90. The van der Waals surface area contributed by atoms with E-state index >= 15 is 0 Å². The van der Waals surface area contributed by atoms with Crippen molar-refractivity contribution in [2.75, 3.05) is 31.6 Å². The third kappa shape index (κ3) is 4.32. The molecule has 1 N–H and O–H groups in total. The number of hydrogen-bond acceptors (Lipinski definition) is 5. The van der Waals surface area contributed by atoms with Crippen LogP contribution in [0.2, 0.25) is 0 Å². The normalized spacial score (nSPS) is 13.7. The van der Waals surface area contributed by atoms with Crippen LogP contribution in [-0.2, 0) is 0 Å². The van der Waals surface area contributed by atoms with Gasteiger partial charge in [0.05, 0.1) is 11.3 Å². The Morgan fingerprint density at radius 3 is 2.62 bits per heavy atom. The van der Waals surface area contributed by atoms with Crippen LogP contribution in [0.4, 0.5) is 5.69 Å². The zero-order valence-electron chi connectivity index (χ0n) is 16.8. The zero-order valence-corrected chi connectivity index (χ0v) is 16.8. The molecule has 1 saturated heterocycles. The second kappa shape index (κ2) is 8.49. The van der Waals surface area contributed by atoms with Gasteiger partial charge in [-0.05, 0) is 63.7 Å². The largest absolute Gasteiger partial charge is 0.492 e. The third-order valence-electron chi connectivity index (χ3n) is 5.19. The minimum atomic E-state index is -0.151. The van der Waals surface area contributed by atoms with Gasteiger partial charge in [-0.25, -0.2) is 0 Å². The monoisotopic (exact) mass is 391 g/mol. The molecule has 6 nitrogen and oxygen atoms in total. The maximum Gasteiger partial charge on any atom is 0.255 e. The number of nitrogens with zero attached hydrogens (tertiary/aromatic N) is 2. The van der Waals surface area contributed by atoms with Crippen molar-refractivity contribution < 1.29 is 14.1 Å². The second-order valence-electron chi connectivity index (χ2n) is 7.27. The fourth-order valence-corrected chi connectivity index (χ4v) is 3.48. The van der Waals surface area contributed by atoms with E-state index in [0.29, 0.717) is 17.9 Å². The highest BCUT2D eigenvalue weighted by Crippen LogP contribution is 2.36. The predicted octanol–water partition coefficient (Wildman–Crippen LogP) is 4.30. The minimum Gasteiger partial charge on any atom is -0.492 e. The average Bonchev–Trinajstić information content (AvgIpc) is 3.03. The van der Waals surface area contributed by atoms with E-state index < -0.39 is 0 Å². The van der Waals surface area contributed by atoms with Gasteiger partial charge in [-0.3, -0.25) is 9.69 Å². The maximum absolute atomic E-state index is 12.5. The van der Waals surface area contributed by atoms with Crippen LogP contribution in [0.25, 0.3) is 11.1 Å². The van der Waals surface area contributed by atoms with Crippen LogP contribution in [0.3, 0.4) is 0 Å². The lowest BCUT2D eigenvalue weighted by Gasteiger charge is -2.30. The van der Waals surface area contributed by atoms with E-state index in [1.165, 1.54) is 6.42 Å². The number of aromatic nitrogens is 1. The molecule has 6 heteroatoms. The Morgan fingerprint density at radius 2 is 1.97 bits per heavy atom. The summed E-state index contributed by atoms with van der Waals surface area (Å²) in [6.45, 7) is 7.61. The summed E-state index contributed by atoms with van der Waals surface area (Å²) in [6, 6.07) is 14.8. The summed E-state index contributed by atoms with van der Waals surface area (Å²) in [5.74, 6) is 1.33. The van der Waals surface area contributed by atoms with Crippen molar-refractivity contribution in [2.45, 2.75) is 20.3 Å². The molecule has 3 aromatic rings. The topological polar surface area (TPSA) is 67.6 Å². The van der Waals surface area contributed by atoms with E-state index in [-0.39, 0.29) is 5.91 Å². The van der Waals surface area contributed by atoms with E-state index in [1.807, 2.05) is 50.2 Å². The van der Waals surface area contributed by atoms with Crippen molar-refractivity contribution in [2.24, 2.45) is 0 Å². The van der Waals surface area contributed by atoms with Crippen molar-refractivity contribution in [3.8, 4) is 16.9 Å². The minimum absolute atomic E-state index is 0.151. The van der Waals surface area contributed by atoms with E-state index in [1.54, 1.807) is 12.1 Å². The van der Waals surface area contributed by atoms with Crippen LogP contribution in [0.15, 0.2) is 53.1 Å². The van der Waals surface area contributed by atoms with Gasteiger partial charge in [0.1, 0.15) is 18.1 Å². The van der Waals surface area contributed by atoms with Gasteiger partial charge in [-0.2, -0.15) is 0 Å². The van der Waals surface area contributed by atoms with Gasteiger partial charge in [0.25, 0.3) is 5.91 Å². The van der Waals surface area contributed by atoms with Crippen LogP contribution in [0.5, 0.6) is 5.75 Å². The van der Waals surface area contributed by atoms with Crippen molar-refractivity contribution in [3.05, 3.63) is 65.5 Å². The zero-order chi connectivity index (χ0) is 20.2. The first-order valence-corrected chi connectivity index (χ1v) is 9.90. The lowest BCUT2D eigenvalue weighted by Crippen LogP contribution is -2.39. The van der Waals surface area contributed by atoms with Crippen molar-refractivity contribution >= 4 is 11.6 Å². The Hall–Kier alpha value is -3.12. The molecule has 29 heavy (non-hydrogen) atoms. The molecule has 0 bridgehead atoms. The standard InChI is InChI=1S/C23H25N3O3/c1-16-22(17(2)29-25-16)20-15-19(24-23(27)18-7-4-3-5-8-18)9-10-21(20)28-14-13-26-11-6-12-26/h3-5,7-10,15H,6,11-14H2,1-2H3,(H,24,27). The molecular weight excluding hydrogens is 366 g/mol. The first-order chi connectivity index (χ1) is 14.1. The van der Waals surface area contributed by atoms with E-state index in [2.05, 4.69) is 15.4 Å². The molecule has 0 saturated carbocycles. The van der Waals surface area contributed by atoms with Crippen LogP contribution >= 0.6 is 0 Å². The number of amides is 1. The molecule has 1 aliphatic heterocycles. The van der Waals surface area contributed by atoms with E-state index in [0.717, 1.165) is 48.0 Å². The third-order valence-corrected chi connectivity index (χ3v) is 5.19. The Labute approximate surface area is 170 Å². The molecule has 1 aliphatic rings. The van der Waals surface area contributed by atoms with Crippen molar-refractivity contribution in [1.82, 2.24) is 10.1 Å². The van der Waals surface area contributed by atoms with Gasteiger partial charge in [0.2, 0.25) is 0 Å². The summed E-state index contributed by atoms with van der Waals surface area (Å²) < 4.78 is 11.5. The summed E-state index contributed by atoms with van der Waals surface area (Å²) in [7, 11) is 0. The fourth-order valence-electron chi connectivity index (χ4n) is 3.48. The number of nitrogens with one attached hydrogen (secondary N) is 1. The molecule has 0 spiro atoms. The van der Waals surface area contributed by atoms with E-state index in [9.17, 15) is 4.79 Å². The number of benzene rings is 2. The molecule has 1 aromatic heterocycles. The molecule has 2 heterocycles. The number of anilines is 1. The second-order valence-corrected chi connectivity index (χ2v) is 7.27. The Bertz CT molecular complexity index is 974. The highest BCUT2D eigenvalue weighted by molar-refractivity contribution is 6.04. The lowest BCUT2D eigenvalue weighted by molar-refractivity contribution is 0.102. The summed E-state index contributed by atoms with van der Waals surface area (Å²) >= 11 is 0. The maximum atomic E-state index is 12.5. The molecule has 0 aliphatic carbocycles. The van der Waals surface area contributed by atoms with Gasteiger partial charge in [0, 0.05) is 23.4 Å². The number of ether oxygens (including phenoxy) is 1. The van der Waals surface area contributed by atoms with E-state index in [4.69, 9.17) is 9.26 Å². The number of carbonyl (C=O) groups is 1. The summed E-state index contributed by atoms with van der Waals surface area (Å²) in [5.41, 5.74) is 3.88. The molecule has 4 rings (SSSR count). The molecule has 0 unspecified atom stereocenters. The van der Waals surface area contributed by atoms with Crippen molar-refractivity contribution in [1.29, 1.82) is 0 Å². The lowest BCUT2D eigenvalue weighted by atomic mass is 10.0. The number of likely N-dealkylation sites (tertiary alicyclic amines) is 1. The smallest absolute Gasteiger partial charge is 0.255 e. The Kier molecular flexibility index (Phi) is 5.62. The Morgan fingerprint density at radius 1 is 1.17 bits per heavy atom. The molecule has 150 valence electrons. The first kappa shape index (κ1) is 19.2. The van der Waals surface area contributed by atoms with Crippen LogP contribution in [0.1, 0.15) is 28.2 Å². The van der Waals surface area contributed by atoms with Gasteiger partial charge in [-0.15, -0.1) is 0 Å². The van der Waals surface area contributed by atoms with Crippen molar-refractivity contribution in [3.63, 3.8) is 0 Å². The average molecular weight is 391 g/mol. The SMILES string of the molecule is Cc1noc(C)c1-c1cc(NC(=O)c2ccccc2)ccc1OCCN1CCC1. The van der Waals surface area contributed by atoms with Gasteiger partial charge in [-0.1, -0.05) is 23.4 Å². The Balaban J connectivity index is 1.59. The van der Waals surface area contributed by atoms with Gasteiger partial charge in [0.15, 0.2) is 0 Å².